The molecule has 1 saturated carbocycles. The Hall–Kier alpha value is -3.95. The zero-order valence-electron chi connectivity index (χ0n) is 16.6. The molecule has 10 nitrogen and oxygen atoms in total. The molecule has 0 radical (unpaired) electrons. The summed E-state index contributed by atoms with van der Waals surface area (Å²) in [6.07, 6.45) is 4.02. The highest BCUT2D eigenvalue weighted by Gasteiger charge is 2.21. The van der Waals surface area contributed by atoms with Gasteiger partial charge in [0.15, 0.2) is 6.61 Å². The molecule has 1 fully saturated rings. The summed E-state index contributed by atoms with van der Waals surface area (Å²) in [5, 5.41) is 16.3. The summed E-state index contributed by atoms with van der Waals surface area (Å²) < 4.78 is 4.95. The average molecular weight is 426 g/mol. The lowest BCUT2D eigenvalue weighted by atomic mass is 10.1. The number of rotatable bonds is 7. The maximum Gasteiger partial charge on any atom is 0.340 e. The third-order valence-electron chi connectivity index (χ3n) is 4.94. The number of carbonyl (C=O) groups excluding carboxylic acids is 3. The topological polar surface area (TPSA) is 154 Å². The first-order valence-corrected chi connectivity index (χ1v) is 9.76. The molecule has 2 aromatic carbocycles. The second-order valence-corrected chi connectivity index (χ2v) is 7.15. The van der Waals surface area contributed by atoms with Crippen molar-refractivity contribution in [1.82, 2.24) is 5.32 Å². The van der Waals surface area contributed by atoms with Crippen LogP contribution in [0.1, 0.15) is 46.4 Å². The SMILES string of the molecule is Nc1cc([N+](=O)[O-])ccc1C(=O)OCC(=O)Nc1ccccc1C(=O)NC1CCCC1. The maximum atomic E-state index is 12.6. The summed E-state index contributed by atoms with van der Waals surface area (Å²) in [5.74, 6) is -1.82. The summed E-state index contributed by atoms with van der Waals surface area (Å²) in [6.45, 7) is -0.617. The van der Waals surface area contributed by atoms with E-state index in [0.29, 0.717) is 11.3 Å². The van der Waals surface area contributed by atoms with Crippen molar-refractivity contribution < 1.29 is 24.0 Å². The Morgan fingerprint density at radius 2 is 1.81 bits per heavy atom. The van der Waals surface area contributed by atoms with Crippen molar-refractivity contribution in [3.05, 3.63) is 63.7 Å². The molecule has 0 unspecified atom stereocenters. The van der Waals surface area contributed by atoms with Crippen molar-refractivity contribution >= 4 is 34.8 Å². The van der Waals surface area contributed by atoms with Gasteiger partial charge < -0.3 is 21.1 Å². The quantitative estimate of drug-likeness (QED) is 0.266. The van der Waals surface area contributed by atoms with E-state index in [4.69, 9.17) is 10.5 Å². The minimum Gasteiger partial charge on any atom is -0.452 e. The molecule has 0 aromatic heterocycles. The van der Waals surface area contributed by atoms with Gasteiger partial charge in [-0.05, 0) is 31.0 Å². The highest BCUT2D eigenvalue weighted by atomic mass is 16.6. The van der Waals surface area contributed by atoms with Gasteiger partial charge in [0.1, 0.15) is 0 Å². The van der Waals surface area contributed by atoms with Crippen molar-refractivity contribution in [2.75, 3.05) is 17.7 Å². The number of nitrogen functional groups attached to an aromatic ring is 1. The van der Waals surface area contributed by atoms with E-state index in [-0.39, 0.29) is 28.9 Å². The number of amides is 2. The van der Waals surface area contributed by atoms with Gasteiger partial charge in [-0.15, -0.1) is 0 Å². The van der Waals surface area contributed by atoms with E-state index in [1.54, 1.807) is 24.3 Å². The van der Waals surface area contributed by atoms with Crippen LogP contribution in [0.3, 0.4) is 0 Å². The van der Waals surface area contributed by atoms with Crippen LogP contribution in [-0.2, 0) is 9.53 Å². The summed E-state index contributed by atoms with van der Waals surface area (Å²) >= 11 is 0. The van der Waals surface area contributed by atoms with E-state index in [9.17, 15) is 24.5 Å². The smallest absolute Gasteiger partial charge is 0.340 e. The van der Waals surface area contributed by atoms with Gasteiger partial charge in [0.2, 0.25) is 0 Å². The monoisotopic (exact) mass is 426 g/mol. The minimum absolute atomic E-state index is 0.0882. The number of non-ortho nitro benzene ring substituents is 1. The van der Waals surface area contributed by atoms with Gasteiger partial charge in [-0.25, -0.2) is 4.79 Å². The van der Waals surface area contributed by atoms with Crippen molar-refractivity contribution in [1.29, 1.82) is 0 Å². The zero-order valence-corrected chi connectivity index (χ0v) is 16.6. The van der Waals surface area contributed by atoms with Crippen molar-refractivity contribution in [3.8, 4) is 0 Å². The Morgan fingerprint density at radius 3 is 2.48 bits per heavy atom. The normalized spacial score (nSPS) is 13.4. The van der Waals surface area contributed by atoms with Crippen LogP contribution in [0.25, 0.3) is 0 Å². The molecule has 4 N–H and O–H groups in total. The van der Waals surface area contributed by atoms with Crippen LogP contribution in [-0.4, -0.2) is 35.4 Å². The Kier molecular flexibility index (Phi) is 6.81. The standard InChI is InChI=1S/C21H22N4O6/c22-17-11-14(25(29)30)9-10-15(17)21(28)31-12-19(26)24-18-8-4-3-7-16(18)20(27)23-13-5-1-2-6-13/h3-4,7-11,13H,1-2,5-6,12,22H2,(H,23,27)(H,24,26). The van der Waals surface area contributed by atoms with Crippen LogP contribution in [0.2, 0.25) is 0 Å². The minimum atomic E-state index is -0.894. The number of esters is 1. The number of anilines is 2. The number of benzene rings is 2. The molecule has 2 amide bonds. The summed E-state index contributed by atoms with van der Waals surface area (Å²) in [6, 6.07) is 9.99. The van der Waals surface area contributed by atoms with Gasteiger partial charge in [0.05, 0.1) is 27.4 Å². The Balaban J connectivity index is 1.59. The first-order valence-electron chi connectivity index (χ1n) is 9.76. The number of nitro groups is 1. The number of nitrogens with one attached hydrogen (secondary N) is 2. The first-order chi connectivity index (χ1) is 14.8. The molecule has 162 valence electrons. The van der Waals surface area contributed by atoms with Crippen LogP contribution in [0, 0.1) is 10.1 Å². The fourth-order valence-electron chi connectivity index (χ4n) is 3.37. The highest BCUT2D eigenvalue weighted by Crippen LogP contribution is 2.22. The number of hydrogen-bond donors (Lipinski definition) is 3. The predicted molar refractivity (Wildman–Crippen MR) is 113 cm³/mol. The third-order valence-corrected chi connectivity index (χ3v) is 4.94. The number of nitrogens with two attached hydrogens (primary N) is 1. The van der Waals surface area contributed by atoms with E-state index >= 15 is 0 Å². The molecule has 1 aliphatic carbocycles. The van der Waals surface area contributed by atoms with E-state index < -0.39 is 23.4 Å². The second kappa shape index (κ2) is 9.70. The number of para-hydroxylation sites is 1. The molecular formula is C21H22N4O6. The van der Waals surface area contributed by atoms with Crippen molar-refractivity contribution in [3.63, 3.8) is 0 Å². The number of nitro benzene ring substituents is 1. The number of nitrogens with zero attached hydrogens (tertiary/aromatic N) is 1. The van der Waals surface area contributed by atoms with Gasteiger partial charge in [0.25, 0.3) is 17.5 Å². The van der Waals surface area contributed by atoms with Crippen LogP contribution in [0.5, 0.6) is 0 Å². The lowest BCUT2D eigenvalue weighted by Crippen LogP contribution is -2.33. The van der Waals surface area contributed by atoms with Crippen LogP contribution < -0.4 is 16.4 Å². The lowest BCUT2D eigenvalue weighted by molar-refractivity contribution is -0.384. The molecule has 3 rings (SSSR count). The largest absolute Gasteiger partial charge is 0.452 e. The zero-order chi connectivity index (χ0) is 22.4. The van der Waals surface area contributed by atoms with Crippen LogP contribution in [0.15, 0.2) is 42.5 Å². The lowest BCUT2D eigenvalue weighted by Gasteiger charge is -2.15. The van der Waals surface area contributed by atoms with Crippen molar-refractivity contribution in [2.45, 2.75) is 31.7 Å². The summed E-state index contributed by atoms with van der Waals surface area (Å²) in [4.78, 5) is 47.1. The summed E-state index contributed by atoms with van der Waals surface area (Å²) in [5.41, 5.74) is 5.79. The van der Waals surface area contributed by atoms with Crippen LogP contribution in [0.4, 0.5) is 17.1 Å². The van der Waals surface area contributed by atoms with E-state index in [1.165, 1.54) is 0 Å². The molecule has 0 saturated heterocycles. The second-order valence-electron chi connectivity index (χ2n) is 7.15. The van der Waals surface area contributed by atoms with E-state index in [1.807, 2.05) is 0 Å². The third kappa shape index (κ3) is 5.56. The molecule has 0 atom stereocenters. The molecule has 0 bridgehead atoms. The van der Waals surface area contributed by atoms with Crippen LogP contribution >= 0.6 is 0 Å². The molecule has 0 spiro atoms. The van der Waals surface area contributed by atoms with Gasteiger partial charge in [-0.2, -0.15) is 0 Å². The Bertz CT molecular complexity index is 1020. The average Bonchev–Trinajstić information content (AvgIpc) is 3.25. The molecule has 0 aliphatic heterocycles. The summed E-state index contributed by atoms with van der Waals surface area (Å²) in [7, 11) is 0. The fourth-order valence-corrected chi connectivity index (χ4v) is 3.37. The molecular weight excluding hydrogens is 404 g/mol. The Morgan fingerprint density at radius 1 is 1.10 bits per heavy atom. The van der Waals surface area contributed by atoms with Gasteiger partial charge >= 0.3 is 5.97 Å². The molecule has 10 heteroatoms. The van der Waals surface area contributed by atoms with E-state index in [0.717, 1.165) is 43.9 Å². The Labute approximate surface area is 177 Å². The molecule has 31 heavy (non-hydrogen) atoms. The number of carbonyl (C=O) groups is 3. The van der Waals surface area contributed by atoms with Crippen molar-refractivity contribution in [2.24, 2.45) is 0 Å². The molecule has 1 aliphatic rings. The van der Waals surface area contributed by atoms with Gasteiger partial charge in [-0.3, -0.25) is 19.7 Å². The first kappa shape index (κ1) is 21.8. The highest BCUT2D eigenvalue weighted by molar-refractivity contribution is 6.04. The number of hydrogen-bond acceptors (Lipinski definition) is 7. The maximum absolute atomic E-state index is 12.6. The molecule has 2 aromatic rings. The predicted octanol–water partition coefficient (Wildman–Crippen LogP) is 2.64. The van der Waals surface area contributed by atoms with Gasteiger partial charge in [-0.1, -0.05) is 25.0 Å². The number of ether oxygens (including phenoxy) is 1. The fraction of sp³-hybridized carbons (Fsp3) is 0.286. The van der Waals surface area contributed by atoms with Gasteiger partial charge in [0, 0.05) is 18.2 Å². The van der Waals surface area contributed by atoms with E-state index in [2.05, 4.69) is 10.6 Å². The molecule has 0 heterocycles.